The van der Waals surface area contributed by atoms with Gasteiger partial charge >= 0.3 is 0 Å². The van der Waals surface area contributed by atoms with Gasteiger partial charge in [0.05, 0.1) is 25.0 Å². The number of fused-ring (bicyclic) bond motifs is 2. The number of thiazole rings is 1. The number of ether oxygens (including phenoxy) is 1. The first-order valence-electron chi connectivity index (χ1n) is 10.9. The highest BCUT2D eigenvalue weighted by Gasteiger charge is 2.59. The molecular weight excluding hydrogens is 432 g/mol. The Morgan fingerprint density at radius 3 is 2.90 bits per heavy atom. The van der Waals surface area contributed by atoms with Crippen LogP contribution in [0.1, 0.15) is 49.6 Å². The van der Waals surface area contributed by atoms with Crippen LogP contribution in [-0.2, 0) is 16.0 Å². The number of hydrogen-bond donors (Lipinski definition) is 3. The van der Waals surface area contributed by atoms with Gasteiger partial charge in [0.15, 0.2) is 0 Å². The number of carbonyl (C=O) groups excluding carboxylic acids is 1. The van der Waals surface area contributed by atoms with E-state index in [4.69, 9.17) is 9.72 Å². The Morgan fingerprint density at radius 1 is 1.42 bits per heavy atom. The highest BCUT2D eigenvalue weighted by Crippen LogP contribution is 2.62. The average molecular weight is 465 g/mol. The summed E-state index contributed by atoms with van der Waals surface area (Å²) in [5.41, 5.74) is 1.33. The van der Waals surface area contributed by atoms with Gasteiger partial charge in [-0.15, -0.1) is 11.3 Å². The lowest BCUT2D eigenvalue weighted by Crippen LogP contribution is -2.57. The molecule has 2 aromatic heterocycles. The van der Waals surface area contributed by atoms with Crippen LogP contribution in [0.15, 0.2) is 16.8 Å². The van der Waals surface area contributed by atoms with Gasteiger partial charge in [-0.25, -0.2) is 4.98 Å². The number of hydrogen-bond acceptors (Lipinski definition) is 7. The fourth-order valence-electron chi connectivity index (χ4n) is 5.71. The van der Waals surface area contributed by atoms with Gasteiger partial charge in [-0.05, 0) is 42.0 Å². The summed E-state index contributed by atoms with van der Waals surface area (Å²) in [4.78, 5) is 19.1. The number of amides is 1. The summed E-state index contributed by atoms with van der Waals surface area (Å²) in [6.07, 6.45) is 2.04. The zero-order valence-corrected chi connectivity index (χ0v) is 20.0. The van der Waals surface area contributed by atoms with Crippen LogP contribution in [0.3, 0.4) is 0 Å². The maximum atomic E-state index is 12.9. The molecule has 0 bridgehead atoms. The fourth-order valence-corrected chi connectivity index (χ4v) is 7.59. The quantitative estimate of drug-likeness (QED) is 0.546. The molecule has 170 valence electrons. The Balaban J connectivity index is 1.74. The lowest BCUT2D eigenvalue weighted by Gasteiger charge is -2.58. The van der Waals surface area contributed by atoms with Crippen molar-refractivity contribution >= 4 is 28.6 Å². The summed E-state index contributed by atoms with van der Waals surface area (Å²) < 4.78 is 5.06. The molecule has 0 radical (unpaired) electrons. The van der Waals surface area contributed by atoms with Crippen molar-refractivity contribution in [2.45, 2.75) is 51.6 Å². The zero-order valence-electron chi connectivity index (χ0n) is 18.4. The van der Waals surface area contributed by atoms with Gasteiger partial charge in [0, 0.05) is 47.2 Å². The molecule has 5 atom stereocenters. The largest absolute Gasteiger partial charge is 0.396 e. The molecule has 0 aromatic carbocycles. The molecule has 0 saturated heterocycles. The van der Waals surface area contributed by atoms with E-state index in [1.54, 1.807) is 29.8 Å². The summed E-state index contributed by atoms with van der Waals surface area (Å²) in [5, 5.41) is 29.3. The van der Waals surface area contributed by atoms with Gasteiger partial charge < -0.3 is 20.3 Å². The standard InChI is InChI=1S/C23H32N2O4S2/c1-22-6-4-18(27)23(2,13-26)17(22)11-16-20(15(22)10-19(28)24-7-8-29-3)25-21(31-16)14-5-9-30-12-14/h5,9,12,15,17-18,26-27H,4,6-8,10-11,13H2,1-3H3,(H,24,28)/t15-,17+,18-,22+,23+/m1/s1. The number of rotatable bonds is 7. The van der Waals surface area contributed by atoms with Crippen LogP contribution in [-0.4, -0.2) is 54.1 Å². The minimum atomic E-state index is -0.595. The van der Waals surface area contributed by atoms with E-state index in [2.05, 4.69) is 29.1 Å². The normalized spacial score (nSPS) is 32.4. The van der Waals surface area contributed by atoms with Gasteiger partial charge in [-0.1, -0.05) is 13.8 Å². The molecule has 1 saturated carbocycles. The second-order valence-corrected chi connectivity index (χ2v) is 11.3. The number of methoxy groups -OCH3 is 1. The SMILES string of the molecule is COCCNC(=O)C[C@@H]1c2nc(-c3ccsc3)sc2C[C@@H]2[C@](C)(CO)[C@H](O)CC[C@]21C. The Labute approximate surface area is 191 Å². The molecule has 4 rings (SSSR count). The van der Waals surface area contributed by atoms with Crippen molar-refractivity contribution < 1.29 is 19.7 Å². The molecule has 2 aromatic rings. The smallest absolute Gasteiger partial charge is 0.220 e. The van der Waals surface area contributed by atoms with Gasteiger partial charge in [0.2, 0.25) is 5.91 Å². The summed E-state index contributed by atoms with van der Waals surface area (Å²) in [6, 6.07) is 2.08. The van der Waals surface area contributed by atoms with Crippen molar-refractivity contribution in [3.63, 3.8) is 0 Å². The van der Waals surface area contributed by atoms with Crippen LogP contribution in [0.2, 0.25) is 0 Å². The summed E-state index contributed by atoms with van der Waals surface area (Å²) in [5.74, 6) is 0.0244. The Morgan fingerprint density at radius 2 is 2.23 bits per heavy atom. The number of aliphatic hydroxyl groups excluding tert-OH is 2. The number of thiophene rings is 1. The van der Waals surface area contributed by atoms with Crippen molar-refractivity contribution in [3.05, 3.63) is 27.4 Å². The molecule has 0 unspecified atom stereocenters. The third-order valence-electron chi connectivity index (χ3n) is 7.68. The van der Waals surface area contributed by atoms with E-state index in [1.165, 1.54) is 4.88 Å². The highest BCUT2D eigenvalue weighted by molar-refractivity contribution is 7.15. The molecule has 6 nitrogen and oxygen atoms in total. The number of aliphatic hydroxyl groups is 2. The van der Waals surface area contributed by atoms with Crippen LogP contribution >= 0.6 is 22.7 Å². The number of aromatic nitrogens is 1. The van der Waals surface area contributed by atoms with Crippen molar-refractivity contribution in [2.75, 3.05) is 26.9 Å². The van der Waals surface area contributed by atoms with Crippen molar-refractivity contribution in [1.82, 2.24) is 10.3 Å². The third-order valence-corrected chi connectivity index (χ3v) is 9.51. The second kappa shape index (κ2) is 8.90. The van der Waals surface area contributed by atoms with E-state index in [1.807, 2.05) is 6.92 Å². The molecule has 8 heteroatoms. The first-order chi connectivity index (χ1) is 14.8. The van der Waals surface area contributed by atoms with E-state index < -0.39 is 11.5 Å². The Bertz CT molecular complexity index is 915. The van der Waals surface area contributed by atoms with Gasteiger partial charge in [0.25, 0.3) is 0 Å². The van der Waals surface area contributed by atoms with Crippen LogP contribution in [0.5, 0.6) is 0 Å². The first-order valence-corrected chi connectivity index (χ1v) is 12.7. The van der Waals surface area contributed by atoms with Crippen molar-refractivity contribution in [2.24, 2.45) is 16.7 Å². The molecule has 0 aliphatic heterocycles. The number of carbonyl (C=O) groups is 1. The lowest BCUT2D eigenvalue weighted by atomic mass is 9.47. The molecule has 2 aliphatic carbocycles. The Hall–Kier alpha value is -1.32. The zero-order chi connectivity index (χ0) is 22.2. The summed E-state index contributed by atoms with van der Waals surface area (Å²) >= 11 is 3.34. The molecule has 1 amide bonds. The molecule has 0 spiro atoms. The van der Waals surface area contributed by atoms with E-state index in [0.29, 0.717) is 26.0 Å². The first kappa shape index (κ1) is 22.9. The van der Waals surface area contributed by atoms with Gasteiger partial charge in [0.1, 0.15) is 5.01 Å². The topological polar surface area (TPSA) is 91.7 Å². The second-order valence-electron chi connectivity index (χ2n) is 9.42. The van der Waals surface area contributed by atoms with Crippen LogP contribution in [0.25, 0.3) is 10.6 Å². The minimum Gasteiger partial charge on any atom is -0.396 e. The predicted octanol–water partition coefficient (Wildman–Crippen LogP) is 3.44. The van der Waals surface area contributed by atoms with Crippen molar-refractivity contribution in [3.8, 4) is 10.6 Å². The van der Waals surface area contributed by atoms with Crippen LogP contribution in [0.4, 0.5) is 0 Å². The molecule has 31 heavy (non-hydrogen) atoms. The lowest BCUT2D eigenvalue weighted by molar-refractivity contribution is -0.144. The van der Waals surface area contributed by atoms with E-state index >= 15 is 0 Å². The molecule has 3 N–H and O–H groups in total. The van der Waals surface area contributed by atoms with Crippen LogP contribution < -0.4 is 5.32 Å². The molecule has 2 aliphatic rings. The minimum absolute atomic E-state index is 0.00298. The third kappa shape index (κ3) is 3.97. The Kier molecular flexibility index (Phi) is 6.57. The summed E-state index contributed by atoms with van der Waals surface area (Å²) in [7, 11) is 1.62. The van der Waals surface area contributed by atoms with Crippen LogP contribution in [0, 0.1) is 16.7 Å². The van der Waals surface area contributed by atoms with Gasteiger partial charge in [-0.3, -0.25) is 4.79 Å². The van der Waals surface area contributed by atoms with E-state index in [0.717, 1.165) is 29.1 Å². The number of nitrogens with one attached hydrogen (secondary N) is 1. The summed E-state index contributed by atoms with van der Waals surface area (Å²) in [6.45, 7) is 5.14. The fraction of sp³-hybridized carbons (Fsp3) is 0.652. The van der Waals surface area contributed by atoms with E-state index in [9.17, 15) is 15.0 Å². The van der Waals surface area contributed by atoms with Crippen molar-refractivity contribution in [1.29, 1.82) is 0 Å². The van der Waals surface area contributed by atoms with Gasteiger partial charge in [-0.2, -0.15) is 11.3 Å². The predicted molar refractivity (Wildman–Crippen MR) is 123 cm³/mol. The number of nitrogens with zero attached hydrogens (tertiary/aromatic N) is 1. The highest BCUT2D eigenvalue weighted by atomic mass is 32.1. The van der Waals surface area contributed by atoms with E-state index in [-0.39, 0.29) is 29.8 Å². The molecular formula is C23H32N2O4S2. The molecule has 2 heterocycles. The molecule has 1 fully saturated rings. The average Bonchev–Trinajstić information content (AvgIpc) is 3.42. The maximum Gasteiger partial charge on any atom is 0.220 e. The maximum absolute atomic E-state index is 12.9. The monoisotopic (exact) mass is 464 g/mol.